The monoisotopic (exact) mass is 368 g/mol. The fourth-order valence-corrected chi connectivity index (χ4v) is 3.84. The van der Waals surface area contributed by atoms with E-state index in [1.807, 2.05) is 6.92 Å². The van der Waals surface area contributed by atoms with Crippen molar-refractivity contribution in [1.29, 1.82) is 0 Å². The molecule has 2 aliphatic rings. The van der Waals surface area contributed by atoms with Gasteiger partial charge in [0.15, 0.2) is 0 Å². The van der Waals surface area contributed by atoms with Crippen LogP contribution in [0.15, 0.2) is 0 Å². The summed E-state index contributed by atoms with van der Waals surface area (Å²) in [5, 5.41) is 0. The lowest BCUT2D eigenvalue weighted by atomic mass is 10.0. The molecule has 0 aromatic rings. The van der Waals surface area contributed by atoms with Crippen molar-refractivity contribution in [3.05, 3.63) is 0 Å². The molecule has 0 aromatic heterocycles. The molecule has 0 unspecified atom stereocenters. The standard InChI is InChI=1S/C22H40O4/c1-3-5-11-14-18-20(25-18)17-21-19(26-21)15-12-9-7-6-8-10-13-16-22(23)24-4-2/h18-21H,3-17H2,1-2H3/t18-,19+,20+,21-/m1/s1. The van der Waals surface area contributed by atoms with Gasteiger partial charge in [-0.05, 0) is 26.2 Å². The van der Waals surface area contributed by atoms with Gasteiger partial charge in [0.05, 0.1) is 31.0 Å². The number of hydrogen-bond donors (Lipinski definition) is 0. The van der Waals surface area contributed by atoms with Gasteiger partial charge in [-0.1, -0.05) is 64.7 Å². The lowest BCUT2D eigenvalue weighted by molar-refractivity contribution is -0.143. The topological polar surface area (TPSA) is 51.4 Å². The molecule has 0 N–H and O–H groups in total. The zero-order valence-corrected chi connectivity index (χ0v) is 17.0. The highest BCUT2D eigenvalue weighted by Gasteiger charge is 2.47. The van der Waals surface area contributed by atoms with E-state index in [4.69, 9.17) is 14.2 Å². The second kappa shape index (κ2) is 12.7. The Morgan fingerprint density at radius 1 is 0.731 bits per heavy atom. The van der Waals surface area contributed by atoms with Gasteiger partial charge < -0.3 is 14.2 Å². The molecular formula is C22H40O4. The van der Waals surface area contributed by atoms with Gasteiger partial charge in [-0.3, -0.25) is 4.79 Å². The molecule has 0 spiro atoms. The van der Waals surface area contributed by atoms with Crippen LogP contribution in [0.2, 0.25) is 0 Å². The molecule has 2 saturated heterocycles. The number of esters is 1. The normalized spacial score (nSPS) is 26.7. The quantitative estimate of drug-likeness (QED) is 0.191. The van der Waals surface area contributed by atoms with Crippen molar-refractivity contribution in [2.75, 3.05) is 6.61 Å². The average Bonchev–Trinajstić information content (AvgIpc) is 3.53. The highest BCUT2D eigenvalue weighted by molar-refractivity contribution is 5.69. The Morgan fingerprint density at radius 3 is 1.85 bits per heavy atom. The van der Waals surface area contributed by atoms with E-state index >= 15 is 0 Å². The first-order chi connectivity index (χ1) is 12.7. The summed E-state index contributed by atoms with van der Waals surface area (Å²) in [6, 6.07) is 0. The molecule has 0 saturated carbocycles. The Hall–Kier alpha value is -0.610. The zero-order chi connectivity index (χ0) is 18.6. The molecule has 0 radical (unpaired) electrons. The minimum Gasteiger partial charge on any atom is -0.466 e. The first-order valence-electron chi connectivity index (χ1n) is 11.2. The lowest BCUT2D eigenvalue weighted by Crippen LogP contribution is -2.03. The molecule has 2 fully saturated rings. The number of epoxide rings is 2. The minimum absolute atomic E-state index is 0.0460. The SMILES string of the molecule is CCCCC[C@H]1O[C@H]1C[C@H]1O[C@H]1CCCCCCCCCC(=O)OCC. The van der Waals surface area contributed by atoms with E-state index in [1.54, 1.807) is 0 Å². The van der Waals surface area contributed by atoms with E-state index in [1.165, 1.54) is 64.2 Å². The fraction of sp³-hybridized carbons (Fsp3) is 0.955. The average molecular weight is 369 g/mol. The Labute approximate surface area is 160 Å². The highest BCUT2D eigenvalue weighted by Crippen LogP contribution is 2.39. The first-order valence-corrected chi connectivity index (χ1v) is 11.2. The van der Waals surface area contributed by atoms with Crippen LogP contribution < -0.4 is 0 Å². The Morgan fingerprint density at radius 2 is 1.27 bits per heavy atom. The maximum atomic E-state index is 11.2. The summed E-state index contributed by atoms with van der Waals surface area (Å²) in [4.78, 5) is 11.2. The molecular weight excluding hydrogens is 328 g/mol. The predicted molar refractivity (Wildman–Crippen MR) is 104 cm³/mol. The summed E-state index contributed by atoms with van der Waals surface area (Å²) < 4.78 is 16.5. The Kier molecular flexibility index (Phi) is 10.6. The van der Waals surface area contributed by atoms with Crippen LogP contribution in [-0.2, 0) is 19.0 Å². The minimum atomic E-state index is -0.0460. The molecule has 26 heavy (non-hydrogen) atoms. The van der Waals surface area contributed by atoms with E-state index in [9.17, 15) is 4.79 Å². The van der Waals surface area contributed by atoms with E-state index in [0.717, 1.165) is 19.3 Å². The van der Waals surface area contributed by atoms with Crippen molar-refractivity contribution < 1.29 is 19.0 Å². The fourth-order valence-electron chi connectivity index (χ4n) is 3.84. The number of unbranched alkanes of at least 4 members (excludes halogenated alkanes) is 8. The van der Waals surface area contributed by atoms with E-state index in [2.05, 4.69) is 6.92 Å². The van der Waals surface area contributed by atoms with Crippen molar-refractivity contribution in [1.82, 2.24) is 0 Å². The lowest BCUT2D eigenvalue weighted by Gasteiger charge is -2.02. The zero-order valence-electron chi connectivity index (χ0n) is 17.0. The summed E-state index contributed by atoms with van der Waals surface area (Å²) in [5.74, 6) is -0.0460. The molecule has 4 nitrogen and oxygen atoms in total. The van der Waals surface area contributed by atoms with Gasteiger partial charge in [0.1, 0.15) is 0 Å². The van der Waals surface area contributed by atoms with Crippen LogP contribution in [0.5, 0.6) is 0 Å². The third-order valence-corrected chi connectivity index (χ3v) is 5.61. The number of hydrogen-bond acceptors (Lipinski definition) is 4. The van der Waals surface area contributed by atoms with Gasteiger partial charge in [0, 0.05) is 12.8 Å². The number of ether oxygens (including phenoxy) is 3. The van der Waals surface area contributed by atoms with Crippen LogP contribution in [0.1, 0.15) is 104 Å². The molecule has 0 aliphatic carbocycles. The molecule has 0 bridgehead atoms. The van der Waals surface area contributed by atoms with Gasteiger partial charge in [-0.25, -0.2) is 0 Å². The molecule has 2 aliphatic heterocycles. The molecule has 4 atom stereocenters. The van der Waals surface area contributed by atoms with E-state index in [0.29, 0.717) is 37.4 Å². The van der Waals surface area contributed by atoms with Crippen LogP contribution in [0.4, 0.5) is 0 Å². The number of carbonyl (C=O) groups is 1. The van der Waals surface area contributed by atoms with Crippen molar-refractivity contribution in [2.24, 2.45) is 0 Å². The van der Waals surface area contributed by atoms with Crippen LogP contribution in [0.25, 0.3) is 0 Å². The van der Waals surface area contributed by atoms with Crippen LogP contribution in [0.3, 0.4) is 0 Å². The Bertz CT molecular complexity index is 384. The first kappa shape index (κ1) is 21.7. The van der Waals surface area contributed by atoms with Gasteiger partial charge >= 0.3 is 5.97 Å². The molecule has 2 heterocycles. The Balaban J connectivity index is 1.31. The molecule has 0 amide bonds. The van der Waals surface area contributed by atoms with Crippen molar-refractivity contribution in [3.63, 3.8) is 0 Å². The second-order valence-corrected chi connectivity index (χ2v) is 7.98. The summed E-state index contributed by atoms with van der Waals surface area (Å²) in [6.07, 6.45) is 18.7. The van der Waals surface area contributed by atoms with Crippen LogP contribution in [-0.4, -0.2) is 37.0 Å². The van der Waals surface area contributed by atoms with Gasteiger partial charge in [-0.15, -0.1) is 0 Å². The van der Waals surface area contributed by atoms with Gasteiger partial charge in [0.2, 0.25) is 0 Å². The largest absolute Gasteiger partial charge is 0.466 e. The predicted octanol–water partition coefficient (Wildman–Crippen LogP) is 5.57. The highest BCUT2D eigenvalue weighted by atomic mass is 16.6. The smallest absolute Gasteiger partial charge is 0.305 e. The third kappa shape index (κ3) is 9.36. The van der Waals surface area contributed by atoms with E-state index in [-0.39, 0.29) is 5.97 Å². The number of rotatable bonds is 17. The van der Waals surface area contributed by atoms with Crippen LogP contribution in [0, 0.1) is 0 Å². The molecule has 4 heteroatoms. The summed E-state index contributed by atoms with van der Waals surface area (Å²) in [5.41, 5.74) is 0. The van der Waals surface area contributed by atoms with Crippen molar-refractivity contribution in [3.8, 4) is 0 Å². The van der Waals surface area contributed by atoms with E-state index < -0.39 is 0 Å². The van der Waals surface area contributed by atoms with Crippen molar-refractivity contribution >= 4 is 5.97 Å². The maximum absolute atomic E-state index is 11.2. The molecule has 2 rings (SSSR count). The van der Waals surface area contributed by atoms with Gasteiger partial charge in [-0.2, -0.15) is 0 Å². The second-order valence-electron chi connectivity index (χ2n) is 7.98. The third-order valence-electron chi connectivity index (χ3n) is 5.61. The number of carbonyl (C=O) groups excluding carboxylic acids is 1. The van der Waals surface area contributed by atoms with Crippen molar-refractivity contribution in [2.45, 2.75) is 128 Å². The van der Waals surface area contributed by atoms with Crippen LogP contribution >= 0.6 is 0 Å². The van der Waals surface area contributed by atoms with Gasteiger partial charge in [0.25, 0.3) is 0 Å². The molecule has 0 aromatic carbocycles. The maximum Gasteiger partial charge on any atom is 0.305 e. The molecule has 152 valence electrons. The summed E-state index contributed by atoms with van der Waals surface area (Å²) in [7, 11) is 0. The summed E-state index contributed by atoms with van der Waals surface area (Å²) >= 11 is 0. The summed E-state index contributed by atoms with van der Waals surface area (Å²) in [6.45, 7) is 4.61.